The first-order valence-electron chi connectivity index (χ1n) is 9.06. The van der Waals surface area contributed by atoms with Crippen LogP contribution in [0.15, 0.2) is 64.4 Å². The van der Waals surface area contributed by atoms with Crippen molar-refractivity contribution in [2.45, 2.75) is 18.9 Å². The number of carbonyl (C=O) groups is 1. The van der Waals surface area contributed by atoms with Gasteiger partial charge in [-0.3, -0.25) is 9.79 Å². The Hall–Kier alpha value is -2.70. The lowest BCUT2D eigenvalue weighted by molar-refractivity contribution is 0.102. The summed E-state index contributed by atoms with van der Waals surface area (Å²) in [5.74, 6) is 0.637. The number of rotatable bonds is 4. The Labute approximate surface area is 172 Å². The summed E-state index contributed by atoms with van der Waals surface area (Å²) in [4.78, 5) is 20.8. The van der Waals surface area contributed by atoms with Gasteiger partial charge in [0.15, 0.2) is 0 Å². The van der Waals surface area contributed by atoms with Crippen molar-refractivity contribution in [3.8, 4) is 0 Å². The molecule has 3 aromatic rings. The lowest BCUT2D eigenvalue weighted by Crippen LogP contribution is -2.28. The molecule has 1 aromatic heterocycles. The molecule has 2 aromatic carbocycles. The highest BCUT2D eigenvalue weighted by Crippen LogP contribution is 2.28. The second-order valence-electron chi connectivity index (χ2n) is 6.50. The number of nitrogens with one attached hydrogen (secondary N) is 2. The maximum Gasteiger partial charge on any atom is 0.275 e. The fourth-order valence-electron chi connectivity index (χ4n) is 3.17. The Bertz CT molecular complexity index is 986. The van der Waals surface area contributed by atoms with Gasteiger partial charge in [0.25, 0.3) is 5.91 Å². The molecule has 0 radical (unpaired) electrons. The van der Waals surface area contributed by atoms with E-state index in [1.165, 1.54) is 11.3 Å². The van der Waals surface area contributed by atoms with Crippen molar-refractivity contribution in [1.82, 2.24) is 10.3 Å². The van der Waals surface area contributed by atoms with Crippen molar-refractivity contribution in [2.75, 3.05) is 11.9 Å². The van der Waals surface area contributed by atoms with Gasteiger partial charge in [0, 0.05) is 28.2 Å². The van der Waals surface area contributed by atoms with Crippen LogP contribution in [0.5, 0.6) is 0 Å². The van der Waals surface area contributed by atoms with E-state index in [1.807, 2.05) is 42.5 Å². The normalized spacial score (nSPS) is 16.6. The van der Waals surface area contributed by atoms with Crippen molar-refractivity contribution in [3.05, 3.63) is 81.3 Å². The molecule has 142 valence electrons. The predicted octanol–water partition coefficient (Wildman–Crippen LogP) is 4.92. The van der Waals surface area contributed by atoms with Gasteiger partial charge in [0.05, 0.1) is 11.6 Å². The second kappa shape index (κ2) is 8.54. The molecule has 28 heavy (non-hydrogen) atoms. The second-order valence-corrected chi connectivity index (χ2v) is 7.62. The summed E-state index contributed by atoms with van der Waals surface area (Å²) >= 11 is 7.79. The molecule has 2 N–H and O–H groups in total. The summed E-state index contributed by atoms with van der Waals surface area (Å²) in [7, 11) is 0. The van der Waals surface area contributed by atoms with Gasteiger partial charge in [-0.2, -0.15) is 0 Å². The van der Waals surface area contributed by atoms with Gasteiger partial charge in [-0.05, 0) is 48.7 Å². The standard InChI is InChI=1S/C21H19ClN4OS/c22-17-5-2-1-4-16(17)18-6-3-11-23-20(26-18)14-7-9-15(10-8-14)25-21(27)19-12-28-13-24-19/h1-2,4-5,7-10,12-13,18H,3,6,11H2,(H,23,26)(H,25,27). The molecule has 0 spiro atoms. The number of aromatic nitrogens is 1. The van der Waals surface area contributed by atoms with Gasteiger partial charge < -0.3 is 10.6 Å². The molecule has 1 amide bonds. The van der Waals surface area contributed by atoms with Crippen LogP contribution in [0, 0.1) is 0 Å². The maximum atomic E-state index is 12.1. The highest BCUT2D eigenvalue weighted by molar-refractivity contribution is 7.07. The molecule has 0 saturated heterocycles. The molecule has 2 heterocycles. The topological polar surface area (TPSA) is 66.4 Å². The van der Waals surface area contributed by atoms with E-state index in [0.29, 0.717) is 5.69 Å². The van der Waals surface area contributed by atoms with Crippen molar-refractivity contribution in [1.29, 1.82) is 0 Å². The molecule has 5 nitrogen and oxygen atoms in total. The van der Waals surface area contributed by atoms with Gasteiger partial charge in [-0.15, -0.1) is 11.3 Å². The van der Waals surface area contributed by atoms with E-state index < -0.39 is 0 Å². The van der Waals surface area contributed by atoms with Gasteiger partial charge >= 0.3 is 0 Å². The fraction of sp³-hybridized carbons (Fsp3) is 0.190. The molecular formula is C21H19ClN4OS. The number of hydrogen-bond acceptors (Lipinski definition) is 5. The third-order valence-electron chi connectivity index (χ3n) is 4.59. The third-order valence-corrected chi connectivity index (χ3v) is 5.52. The Kier molecular flexibility index (Phi) is 5.69. The van der Waals surface area contributed by atoms with Gasteiger partial charge in [-0.25, -0.2) is 4.98 Å². The summed E-state index contributed by atoms with van der Waals surface area (Å²) < 4.78 is 0. The van der Waals surface area contributed by atoms with E-state index in [4.69, 9.17) is 16.6 Å². The number of benzene rings is 2. The van der Waals surface area contributed by atoms with Crippen LogP contribution >= 0.6 is 22.9 Å². The highest BCUT2D eigenvalue weighted by atomic mass is 35.5. The Morgan fingerprint density at radius 2 is 2.00 bits per heavy atom. The van der Waals surface area contributed by atoms with E-state index in [-0.39, 0.29) is 11.9 Å². The number of amides is 1. The summed E-state index contributed by atoms with van der Waals surface area (Å²) in [6.45, 7) is 0.769. The molecule has 1 atom stereocenters. The maximum absolute atomic E-state index is 12.1. The minimum absolute atomic E-state index is 0.124. The van der Waals surface area contributed by atoms with Crippen molar-refractivity contribution < 1.29 is 4.79 Å². The quantitative estimate of drug-likeness (QED) is 0.641. The summed E-state index contributed by atoms with van der Waals surface area (Å²) in [6.07, 6.45) is 1.96. The largest absolute Gasteiger partial charge is 0.363 e. The van der Waals surface area contributed by atoms with Crippen LogP contribution in [-0.2, 0) is 0 Å². The van der Waals surface area contributed by atoms with Crippen LogP contribution in [0.4, 0.5) is 5.69 Å². The molecule has 0 bridgehead atoms. The molecule has 1 aliphatic heterocycles. The first-order valence-corrected chi connectivity index (χ1v) is 10.4. The first-order chi connectivity index (χ1) is 13.7. The van der Waals surface area contributed by atoms with E-state index in [0.717, 1.165) is 47.1 Å². The lowest BCUT2D eigenvalue weighted by Gasteiger charge is -2.20. The molecule has 1 aliphatic rings. The van der Waals surface area contributed by atoms with E-state index in [9.17, 15) is 4.79 Å². The average Bonchev–Trinajstić information content (AvgIpc) is 3.15. The molecule has 7 heteroatoms. The smallest absolute Gasteiger partial charge is 0.275 e. The number of hydrogen-bond donors (Lipinski definition) is 2. The number of halogens is 1. The molecular weight excluding hydrogens is 392 g/mol. The number of amidine groups is 1. The van der Waals surface area contributed by atoms with Crippen molar-refractivity contribution in [3.63, 3.8) is 0 Å². The Morgan fingerprint density at radius 3 is 2.75 bits per heavy atom. The zero-order valence-electron chi connectivity index (χ0n) is 15.1. The zero-order chi connectivity index (χ0) is 19.3. The van der Waals surface area contributed by atoms with Crippen LogP contribution < -0.4 is 10.6 Å². The molecule has 0 saturated carbocycles. The van der Waals surface area contributed by atoms with E-state index in [2.05, 4.69) is 21.7 Å². The van der Waals surface area contributed by atoms with Gasteiger partial charge in [0.2, 0.25) is 0 Å². The Morgan fingerprint density at radius 1 is 1.18 bits per heavy atom. The number of thiazole rings is 1. The Balaban J connectivity index is 1.49. The van der Waals surface area contributed by atoms with Crippen LogP contribution in [0.25, 0.3) is 0 Å². The highest BCUT2D eigenvalue weighted by Gasteiger charge is 2.19. The number of aliphatic imine (C=N–C) groups is 1. The summed E-state index contributed by atoms with van der Waals surface area (Å²) in [6, 6.07) is 15.7. The van der Waals surface area contributed by atoms with Crippen LogP contribution in [0.3, 0.4) is 0 Å². The van der Waals surface area contributed by atoms with Crippen LogP contribution in [0.2, 0.25) is 5.02 Å². The van der Waals surface area contributed by atoms with E-state index in [1.54, 1.807) is 10.9 Å². The number of carbonyl (C=O) groups excluding carboxylic acids is 1. The zero-order valence-corrected chi connectivity index (χ0v) is 16.6. The molecule has 0 aliphatic carbocycles. The third kappa shape index (κ3) is 4.24. The minimum atomic E-state index is -0.210. The molecule has 4 rings (SSSR count). The fourth-order valence-corrected chi connectivity index (χ4v) is 3.97. The monoisotopic (exact) mass is 410 g/mol. The van der Waals surface area contributed by atoms with Crippen molar-refractivity contribution >= 4 is 40.4 Å². The SMILES string of the molecule is O=C(Nc1ccc(C2=NCCCC(c3ccccc3Cl)N2)cc1)c1cscn1. The number of anilines is 1. The van der Waals surface area contributed by atoms with Crippen LogP contribution in [0.1, 0.15) is 40.5 Å². The molecule has 0 fully saturated rings. The predicted molar refractivity (Wildman–Crippen MR) is 114 cm³/mol. The summed E-state index contributed by atoms with van der Waals surface area (Å²) in [5.41, 5.74) is 4.85. The minimum Gasteiger partial charge on any atom is -0.363 e. The van der Waals surface area contributed by atoms with Gasteiger partial charge in [0.1, 0.15) is 11.5 Å². The first kappa shape index (κ1) is 18.7. The summed E-state index contributed by atoms with van der Waals surface area (Å²) in [5, 5.41) is 8.89. The van der Waals surface area contributed by atoms with E-state index >= 15 is 0 Å². The number of nitrogens with zero attached hydrogens (tertiary/aromatic N) is 2. The van der Waals surface area contributed by atoms with Crippen molar-refractivity contribution in [2.24, 2.45) is 4.99 Å². The van der Waals surface area contributed by atoms with Gasteiger partial charge in [-0.1, -0.05) is 29.8 Å². The molecule has 1 unspecified atom stereocenters. The average molecular weight is 411 g/mol. The van der Waals surface area contributed by atoms with Crippen LogP contribution in [-0.4, -0.2) is 23.3 Å². The lowest BCUT2D eigenvalue weighted by atomic mass is 10.0.